The van der Waals surface area contributed by atoms with Crippen molar-refractivity contribution in [2.45, 2.75) is 24.3 Å². The molecule has 1 aliphatic carbocycles. The van der Waals surface area contributed by atoms with Gasteiger partial charge in [0.05, 0.1) is 17.0 Å². The molecule has 0 atom stereocenters. The molecule has 0 saturated heterocycles. The van der Waals surface area contributed by atoms with Crippen LogP contribution in [-0.2, 0) is 4.79 Å². The van der Waals surface area contributed by atoms with E-state index < -0.39 is 5.97 Å². The maximum Gasteiger partial charge on any atom is 0.303 e. The van der Waals surface area contributed by atoms with E-state index in [0.717, 1.165) is 12.8 Å². The van der Waals surface area contributed by atoms with Crippen molar-refractivity contribution in [3.8, 4) is 6.07 Å². The topological polar surface area (TPSA) is 74.0 Å². The Bertz CT molecular complexity index is 523. The molecule has 18 heavy (non-hydrogen) atoms. The Morgan fingerprint density at radius 1 is 1.67 bits per heavy atom. The molecule has 1 fully saturated rings. The maximum atomic E-state index is 10.7. The van der Waals surface area contributed by atoms with E-state index in [9.17, 15) is 4.79 Å². The number of carboxylic acids is 1. The molecule has 0 aliphatic heterocycles. The van der Waals surface area contributed by atoms with Gasteiger partial charge in [0, 0.05) is 11.9 Å². The van der Waals surface area contributed by atoms with Crippen LogP contribution in [0.15, 0.2) is 17.3 Å². The average Bonchev–Trinajstić information content (AvgIpc) is 3.07. The summed E-state index contributed by atoms with van der Waals surface area (Å²) in [6.07, 6.45) is 3.60. The number of carboxylic acid groups (broad SMARTS) is 1. The number of nitriles is 1. The number of aliphatic carboxylic acids is 1. The molecule has 2 rings (SSSR count). The first-order valence-corrected chi connectivity index (χ1v) is 6.82. The fourth-order valence-electron chi connectivity index (χ4n) is 1.70. The van der Waals surface area contributed by atoms with E-state index in [-0.39, 0.29) is 11.8 Å². The summed E-state index contributed by atoms with van der Waals surface area (Å²) >= 11 is 7.47. The lowest BCUT2D eigenvalue weighted by Crippen LogP contribution is -2.11. The number of thioether (sulfide) groups is 1. The molecule has 1 heterocycles. The average molecular weight is 283 g/mol. The molecular weight excluding hydrogens is 272 g/mol. The summed E-state index contributed by atoms with van der Waals surface area (Å²) in [5.41, 5.74) is 0.293. The summed E-state index contributed by atoms with van der Waals surface area (Å²) in [4.78, 5) is 14.9. The third-order valence-corrected chi connectivity index (χ3v) is 4.81. The van der Waals surface area contributed by atoms with Gasteiger partial charge in [0.25, 0.3) is 0 Å². The quantitative estimate of drug-likeness (QED) is 0.841. The zero-order valence-corrected chi connectivity index (χ0v) is 11.1. The molecule has 6 heteroatoms. The predicted octanol–water partition coefficient (Wildman–Crippen LogP) is 2.95. The highest BCUT2D eigenvalue weighted by Gasteiger charge is 2.44. The van der Waals surface area contributed by atoms with Gasteiger partial charge in [-0.25, -0.2) is 4.98 Å². The van der Waals surface area contributed by atoms with Crippen LogP contribution in [0.1, 0.15) is 24.8 Å². The van der Waals surface area contributed by atoms with E-state index in [2.05, 4.69) is 4.98 Å². The van der Waals surface area contributed by atoms with Crippen molar-refractivity contribution >= 4 is 29.3 Å². The molecule has 0 aromatic carbocycles. The zero-order chi connectivity index (χ0) is 13.2. The monoisotopic (exact) mass is 282 g/mol. The molecule has 0 unspecified atom stereocenters. The molecule has 0 amide bonds. The van der Waals surface area contributed by atoms with E-state index in [0.29, 0.717) is 21.4 Å². The number of aromatic nitrogens is 1. The standard InChI is InChI=1S/C12H11ClN2O2S/c13-10-8(6-14)1-4-15-11(10)18-7-12(2-3-12)5-9(16)17/h1,4H,2-3,5,7H2,(H,16,17). The number of carbonyl (C=O) groups is 1. The van der Waals surface area contributed by atoms with Gasteiger partial charge >= 0.3 is 5.97 Å². The van der Waals surface area contributed by atoms with Crippen molar-refractivity contribution in [1.82, 2.24) is 4.98 Å². The van der Waals surface area contributed by atoms with Gasteiger partial charge in [-0.1, -0.05) is 11.6 Å². The van der Waals surface area contributed by atoms with Crippen molar-refractivity contribution in [2.75, 3.05) is 5.75 Å². The lowest BCUT2D eigenvalue weighted by atomic mass is 10.1. The second-order valence-electron chi connectivity index (χ2n) is 4.45. The zero-order valence-electron chi connectivity index (χ0n) is 9.52. The summed E-state index contributed by atoms with van der Waals surface area (Å²) < 4.78 is 0. The number of nitrogens with zero attached hydrogens (tertiary/aromatic N) is 2. The highest BCUT2D eigenvalue weighted by Crippen LogP contribution is 2.52. The normalized spacial score (nSPS) is 16.0. The number of pyridine rings is 1. The van der Waals surface area contributed by atoms with Gasteiger partial charge in [0.1, 0.15) is 11.1 Å². The van der Waals surface area contributed by atoms with Gasteiger partial charge in [0.15, 0.2) is 0 Å². The summed E-state index contributed by atoms with van der Waals surface area (Å²) in [6, 6.07) is 3.57. The van der Waals surface area contributed by atoms with Crippen LogP contribution in [0.3, 0.4) is 0 Å². The van der Waals surface area contributed by atoms with E-state index >= 15 is 0 Å². The summed E-state index contributed by atoms with van der Waals surface area (Å²) in [5.74, 6) is -0.0844. The van der Waals surface area contributed by atoms with Crippen LogP contribution in [0, 0.1) is 16.7 Å². The van der Waals surface area contributed by atoms with Crippen molar-refractivity contribution in [1.29, 1.82) is 5.26 Å². The van der Waals surface area contributed by atoms with Crippen LogP contribution in [0.25, 0.3) is 0 Å². The Labute approximate surface area is 114 Å². The molecule has 1 N–H and O–H groups in total. The SMILES string of the molecule is N#Cc1ccnc(SCC2(CC(=O)O)CC2)c1Cl. The van der Waals surface area contributed by atoms with E-state index in [1.54, 1.807) is 12.3 Å². The molecule has 4 nitrogen and oxygen atoms in total. The Balaban J connectivity index is 2.03. The summed E-state index contributed by atoms with van der Waals surface area (Å²) in [7, 11) is 0. The molecule has 0 spiro atoms. The molecule has 1 saturated carbocycles. The molecule has 0 radical (unpaired) electrons. The van der Waals surface area contributed by atoms with Crippen LogP contribution >= 0.6 is 23.4 Å². The van der Waals surface area contributed by atoms with E-state index in [1.807, 2.05) is 6.07 Å². The largest absolute Gasteiger partial charge is 0.481 e. The third kappa shape index (κ3) is 2.95. The third-order valence-electron chi connectivity index (χ3n) is 2.98. The van der Waals surface area contributed by atoms with E-state index in [4.69, 9.17) is 22.0 Å². The fraction of sp³-hybridized carbons (Fsp3) is 0.417. The lowest BCUT2D eigenvalue weighted by Gasteiger charge is -2.11. The minimum atomic E-state index is -0.766. The second-order valence-corrected chi connectivity index (χ2v) is 5.79. The smallest absolute Gasteiger partial charge is 0.303 e. The van der Waals surface area contributed by atoms with Crippen LogP contribution < -0.4 is 0 Å². The highest BCUT2D eigenvalue weighted by atomic mass is 35.5. The second kappa shape index (κ2) is 5.17. The Morgan fingerprint density at radius 3 is 2.94 bits per heavy atom. The van der Waals surface area contributed by atoms with Crippen LogP contribution in [0.5, 0.6) is 0 Å². The minimum Gasteiger partial charge on any atom is -0.481 e. The summed E-state index contributed by atoms with van der Waals surface area (Å²) in [6.45, 7) is 0. The Hall–Kier alpha value is -1.25. The number of hydrogen-bond donors (Lipinski definition) is 1. The minimum absolute atomic E-state index is 0.107. The maximum absolute atomic E-state index is 10.7. The lowest BCUT2D eigenvalue weighted by molar-refractivity contribution is -0.138. The molecule has 1 aromatic rings. The number of hydrogen-bond acceptors (Lipinski definition) is 4. The Kier molecular flexibility index (Phi) is 3.79. The van der Waals surface area contributed by atoms with Crippen LogP contribution in [0.4, 0.5) is 0 Å². The van der Waals surface area contributed by atoms with Crippen LogP contribution in [-0.4, -0.2) is 21.8 Å². The molecule has 1 aromatic heterocycles. The summed E-state index contributed by atoms with van der Waals surface area (Å²) in [5, 5.41) is 18.6. The molecule has 1 aliphatic rings. The van der Waals surface area contributed by atoms with Crippen molar-refractivity contribution in [3.63, 3.8) is 0 Å². The van der Waals surface area contributed by atoms with Crippen molar-refractivity contribution in [3.05, 3.63) is 22.8 Å². The van der Waals surface area contributed by atoms with Gasteiger partial charge in [0.2, 0.25) is 0 Å². The van der Waals surface area contributed by atoms with Gasteiger partial charge in [-0.2, -0.15) is 5.26 Å². The molecular formula is C12H11ClN2O2S. The first kappa shape index (κ1) is 13.2. The molecule has 0 bridgehead atoms. The fourth-order valence-corrected chi connectivity index (χ4v) is 3.23. The predicted molar refractivity (Wildman–Crippen MR) is 68.6 cm³/mol. The number of halogens is 1. The first-order chi connectivity index (χ1) is 8.56. The van der Waals surface area contributed by atoms with Crippen molar-refractivity contribution in [2.24, 2.45) is 5.41 Å². The van der Waals surface area contributed by atoms with Gasteiger partial charge < -0.3 is 5.11 Å². The number of rotatable bonds is 5. The molecule has 94 valence electrons. The van der Waals surface area contributed by atoms with Gasteiger partial charge in [-0.3, -0.25) is 4.79 Å². The van der Waals surface area contributed by atoms with E-state index in [1.165, 1.54) is 11.8 Å². The van der Waals surface area contributed by atoms with Crippen LogP contribution in [0.2, 0.25) is 5.02 Å². The Morgan fingerprint density at radius 2 is 2.39 bits per heavy atom. The van der Waals surface area contributed by atoms with Gasteiger partial charge in [-0.15, -0.1) is 11.8 Å². The first-order valence-electron chi connectivity index (χ1n) is 5.45. The highest BCUT2D eigenvalue weighted by molar-refractivity contribution is 7.99. The van der Waals surface area contributed by atoms with Gasteiger partial charge in [-0.05, 0) is 24.3 Å². The van der Waals surface area contributed by atoms with Crippen molar-refractivity contribution < 1.29 is 9.90 Å².